The number of hydrogen-bond acceptors (Lipinski definition) is 6. The Labute approximate surface area is 192 Å². The van der Waals surface area contributed by atoms with Gasteiger partial charge in [-0.1, -0.05) is 32.1 Å². The maximum Gasteiger partial charge on any atom is 0.303 e. The van der Waals surface area contributed by atoms with E-state index in [2.05, 4.69) is 26.0 Å². The second kappa shape index (κ2) is 9.80. The molecule has 0 spiro atoms. The van der Waals surface area contributed by atoms with Crippen LogP contribution < -0.4 is 0 Å². The minimum absolute atomic E-state index is 0.0352. The standard InChI is InChI=1S/C26H40O6/c1-17-10-9-13-26(8,32-20(4)29)16-22(30-18(2)27)23-21(24(5,6)31-19(3)28)12-15-25(23,7)14-11-17/h9,11,13-14,17,21-23H,10,12,15-16H2,1-8H3/b13-9+,14-11+/t17-,21-,22+,23?,25+,26-/m1/s1. The van der Waals surface area contributed by atoms with Gasteiger partial charge >= 0.3 is 17.9 Å². The first-order valence-electron chi connectivity index (χ1n) is 11.6. The molecule has 1 saturated carbocycles. The number of rotatable bonds is 4. The average molecular weight is 449 g/mol. The monoisotopic (exact) mass is 448 g/mol. The minimum Gasteiger partial charge on any atom is -0.462 e. The third-order valence-corrected chi connectivity index (χ3v) is 6.97. The van der Waals surface area contributed by atoms with Gasteiger partial charge < -0.3 is 14.2 Å². The van der Waals surface area contributed by atoms with E-state index in [1.807, 2.05) is 32.9 Å². The summed E-state index contributed by atoms with van der Waals surface area (Å²) in [6.45, 7) is 14.3. The Morgan fingerprint density at radius 2 is 1.66 bits per heavy atom. The van der Waals surface area contributed by atoms with Crippen LogP contribution in [0.3, 0.4) is 0 Å². The number of fused-ring (bicyclic) bond motifs is 1. The molecule has 0 amide bonds. The largest absolute Gasteiger partial charge is 0.462 e. The van der Waals surface area contributed by atoms with Gasteiger partial charge in [-0.3, -0.25) is 14.4 Å². The number of esters is 3. The van der Waals surface area contributed by atoms with Crippen molar-refractivity contribution < 1.29 is 28.6 Å². The molecule has 1 unspecified atom stereocenters. The molecule has 0 aliphatic heterocycles. The highest BCUT2D eigenvalue weighted by molar-refractivity contribution is 5.67. The first-order chi connectivity index (χ1) is 14.7. The van der Waals surface area contributed by atoms with Crippen LogP contribution in [-0.2, 0) is 28.6 Å². The van der Waals surface area contributed by atoms with Crippen LogP contribution in [0.4, 0.5) is 0 Å². The van der Waals surface area contributed by atoms with Crippen LogP contribution in [-0.4, -0.2) is 35.2 Å². The molecule has 6 atom stereocenters. The van der Waals surface area contributed by atoms with Crippen molar-refractivity contribution in [2.24, 2.45) is 23.2 Å². The highest BCUT2D eigenvalue weighted by atomic mass is 16.6. The van der Waals surface area contributed by atoms with E-state index in [9.17, 15) is 14.4 Å². The van der Waals surface area contributed by atoms with Gasteiger partial charge in [0.25, 0.3) is 0 Å². The van der Waals surface area contributed by atoms with Crippen molar-refractivity contribution in [3.8, 4) is 0 Å². The number of ether oxygens (including phenoxy) is 3. The lowest BCUT2D eigenvalue weighted by Gasteiger charge is -2.44. The topological polar surface area (TPSA) is 78.9 Å². The molecule has 0 radical (unpaired) electrons. The third kappa shape index (κ3) is 6.46. The third-order valence-electron chi connectivity index (χ3n) is 6.97. The summed E-state index contributed by atoms with van der Waals surface area (Å²) < 4.78 is 17.4. The van der Waals surface area contributed by atoms with Gasteiger partial charge in [0.05, 0.1) is 0 Å². The Bertz CT molecular complexity index is 781. The maximum absolute atomic E-state index is 12.2. The van der Waals surface area contributed by atoms with Crippen LogP contribution >= 0.6 is 0 Å². The van der Waals surface area contributed by atoms with Gasteiger partial charge in [0, 0.05) is 39.0 Å². The lowest BCUT2D eigenvalue weighted by molar-refractivity contribution is -0.174. The summed E-state index contributed by atoms with van der Waals surface area (Å²) in [5.41, 5.74) is -1.92. The van der Waals surface area contributed by atoms with Gasteiger partial charge in [-0.25, -0.2) is 0 Å². The summed E-state index contributed by atoms with van der Waals surface area (Å²) in [5, 5.41) is 0. The Hall–Kier alpha value is -2.11. The number of hydrogen-bond donors (Lipinski definition) is 0. The number of carbonyl (C=O) groups is 3. The van der Waals surface area contributed by atoms with Crippen molar-refractivity contribution in [2.45, 2.75) is 98.4 Å². The second-order valence-corrected chi connectivity index (χ2v) is 10.6. The van der Waals surface area contributed by atoms with Crippen LogP contribution in [0.2, 0.25) is 0 Å². The molecule has 6 heteroatoms. The van der Waals surface area contributed by atoms with Crippen molar-refractivity contribution in [1.29, 1.82) is 0 Å². The van der Waals surface area contributed by atoms with Gasteiger partial charge in [-0.15, -0.1) is 0 Å². The van der Waals surface area contributed by atoms with Crippen LogP contribution in [0.5, 0.6) is 0 Å². The molecular weight excluding hydrogens is 408 g/mol. The van der Waals surface area contributed by atoms with Crippen molar-refractivity contribution >= 4 is 17.9 Å². The number of allylic oxidation sites excluding steroid dienone is 3. The summed E-state index contributed by atoms with van der Waals surface area (Å²) >= 11 is 0. The second-order valence-electron chi connectivity index (χ2n) is 10.6. The minimum atomic E-state index is -0.921. The van der Waals surface area contributed by atoms with E-state index in [0.29, 0.717) is 12.3 Å². The zero-order valence-corrected chi connectivity index (χ0v) is 20.9. The van der Waals surface area contributed by atoms with E-state index in [4.69, 9.17) is 14.2 Å². The van der Waals surface area contributed by atoms with E-state index in [-0.39, 0.29) is 35.2 Å². The van der Waals surface area contributed by atoms with E-state index < -0.39 is 17.3 Å². The molecule has 32 heavy (non-hydrogen) atoms. The predicted octanol–water partition coefficient (Wildman–Crippen LogP) is 5.16. The van der Waals surface area contributed by atoms with E-state index in [1.54, 1.807) is 0 Å². The lowest BCUT2D eigenvalue weighted by atomic mass is 9.67. The first-order valence-corrected chi connectivity index (χ1v) is 11.6. The van der Waals surface area contributed by atoms with Crippen LogP contribution in [0.15, 0.2) is 24.3 Å². The Morgan fingerprint density at radius 3 is 2.22 bits per heavy atom. The lowest BCUT2D eigenvalue weighted by Crippen LogP contribution is -2.48. The van der Waals surface area contributed by atoms with Gasteiger partial charge in [-0.05, 0) is 57.4 Å². The smallest absolute Gasteiger partial charge is 0.303 e. The highest BCUT2D eigenvalue weighted by Gasteiger charge is 2.55. The average Bonchev–Trinajstić information content (AvgIpc) is 2.95. The summed E-state index contributed by atoms with van der Waals surface area (Å²) in [6, 6.07) is 0. The quantitative estimate of drug-likeness (QED) is 0.336. The maximum atomic E-state index is 12.2. The van der Waals surface area contributed by atoms with E-state index >= 15 is 0 Å². The van der Waals surface area contributed by atoms with Crippen LogP contribution in [0.1, 0.15) is 81.1 Å². The first kappa shape index (κ1) is 26.1. The zero-order valence-electron chi connectivity index (χ0n) is 20.9. The van der Waals surface area contributed by atoms with Gasteiger partial charge in [0.1, 0.15) is 17.3 Å². The molecule has 2 rings (SSSR count). The van der Waals surface area contributed by atoms with Gasteiger partial charge in [0.15, 0.2) is 0 Å². The molecule has 0 aromatic carbocycles. The molecule has 6 nitrogen and oxygen atoms in total. The normalized spacial score (nSPS) is 37.4. The van der Waals surface area contributed by atoms with E-state index in [1.165, 1.54) is 20.8 Å². The Balaban J connectivity index is 2.63. The van der Waals surface area contributed by atoms with Crippen molar-refractivity contribution in [1.82, 2.24) is 0 Å². The molecule has 2 aliphatic carbocycles. The SMILES string of the molecule is CC(=O)O[C@H]1C[C@](C)(OC(C)=O)/C=C/C[C@@H](C)/C=C/[C@@]2(C)CC[C@@H](C(C)(C)OC(C)=O)C12. The van der Waals surface area contributed by atoms with Crippen LogP contribution in [0.25, 0.3) is 0 Å². The Morgan fingerprint density at radius 1 is 1.00 bits per heavy atom. The molecule has 0 aromatic heterocycles. The predicted molar refractivity (Wildman–Crippen MR) is 123 cm³/mol. The van der Waals surface area contributed by atoms with Crippen molar-refractivity contribution in [2.75, 3.05) is 0 Å². The summed E-state index contributed by atoms with van der Waals surface area (Å²) in [5.74, 6) is -0.949. The summed E-state index contributed by atoms with van der Waals surface area (Å²) in [4.78, 5) is 36.0. The van der Waals surface area contributed by atoms with E-state index in [0.717, 1.165) is 19.3 Å². The fraction of sp³-hybridized carbons (Fsp3) is 0.731. The fourth-order valence-electron chi connectivity index (χ4n) is 5.70. The molecule has 1 fully saturated rings. The van der Waals surface area contributed by atoms with Gasteiger partial charge in [-0.2, -0.15) is 0 Å². The van der Waals surface area contributed by atoms with Gasteiger partial charge in [0.2, 0.25) is 0 Å². The summed E-state index contributed by atoms with van der Waals surface area (Å²) in [7, 11) is 0. The van der Waals surface area contributed by atoms with Crippen LogP contribution in [0, 0.1) is 23.2 Å². The molecule has 0 bridgehead atoms. The fourth-order valence-corrected chi connectivity index (χ4v) is 5.70. The molecule has 0 aromatic rings. The number of carbonyl (C=O) groups excluding carboxylic acids is 3. The molecule has 0 saturated heterocycles. The molecule has 2 aliphatic rings. The van der Waals surface area contributed by atoms with Crippen molar-refractivity contribution in [3.05, 3.63) is 24.3 Å². The molecule has 0 N–H and O–H groups in total. The molecular formula is C26H40O6. The molecule has 0 heterocycles. The Kier molecular flexibility index (Phi) is 8.01. The summed E-state index contributed by atoms with van der Waals surface area (Å²) in [6.07, 6.45) is 10.8. The zero-order chi connectivity index (χ0) is 24.3. The molecule has 180 valence electrons. The van der Waals surface area contributed by atoms with Crippen molar-refractivity contribution in [3.63, 3.8) is 0 Å². The highest BCUT2D eigenvalue weighted by Crippen LogP contribution is 2.55.